The third-order valence-electron chi connectivity index (χ3n) is 3.01. The van der Waals surface area contributed by atoms with Crippen molar-refractivity contribution in [3.8, 4) is 0 Å². The molecule has 3 nitrogen and oxygen atoms in total. The van der Waals surface area contributed by atoms with E-state index in [1.54, 1.807) is 6.07 Å². The number of benzene rings is 1. The highest BCUT2D eigenvalue weighted by atomic mass is 35.5. The quantitative estimate of drug-likeness (QED) is 0.923. The fraction of sp³-hybridized carbons (Fsp3) is 0.500. The lowest BCUT2D eigenvalue weighted by Crippen LogP contribution is -2.23. The average molecular weight is 292 g/mol. The minimum absolute atomic E-state index is 0.166. The second kappa shape index (κ2) is 5.55. The van der Waals surface area contributed by atoms with Crippen molar-refractivity contribution < 1.29 is 12.8 Å². The van der Waals surface area contributed by atoms with Gasteiger partial charge < -0.3 is 5.32 Å². The van der Waals surface area contributed by atoms with Crippen LogP contribution in [0.3, 0.4) is 0 Å². The van der Waals surface area contributed by atoms with Gasteiger partial charge in [-0.1, -0.05) is 11.6 Å². The van der Waals surface area contributed by atoms with Gasteiger partial charge in [0.15, 0.2) is 9.84 Å². The van der Waals surface area contributed by atoms with Crippen molar-refractivity contribution in [3.05, 3.63) is 34.6 Å². The van der Waals surface area contributed by atoms with E-state index in [2.05, 4.69) is 5.32 Å². The van der Waals surface area contributed by atoms with Gasteiger partial charge in [0.25, 0.3) is 0 Å². The van der Waals surface area contributed by atoms with Crippen molar-refractivity contribution in [2.45, 2.75) is 13.0 Å². The van der Waals surface area contributed by atoms with Crippen LogP contribution in [0.5, 0.6) is 0 Å². The summed E-state index contributed by atoms with van der Waals surface area (Å²) in [5, 5.41) is 3.52. The lowest BCUT2D eigenvalue weighted by atomic mass is 10.1. The van der Waals surface area contributed by atoms with Gasteiger partial charge in [0.05, 0.1) is 11.5 Å². The van der Waals surface area contributed by atoms with Crippen LogP contribution in [0.1, 0.15) is 12.0 Å². The van der Waals surface area contributed by atoms with Gasteiger partial charge in [-0.2, -0.15) is 0 Å². The molecule has 18 heavy (non-hydrogen) atoms. The first-order valence-electron chi connectivity index (χ1n) is 5.81. The minimum atomic E-state index is -2.83. The Hall–Kier alpha value is -0.650. The second-order valence-electron chi connectivity index (χ2n) is 4.68. The Morgan fingerprint density at radius 1 is 1.39 bits per heavy atom. The molecule has 6 heteroatoms. The standard InChI is InChI=1S/C12H15ClFNO2S/c13-11-3-10(4-12(14)5-11)7-15-6-9-1-2-18(16,17)8-9/h3-5,9,15H,1-2,6-8H2. The maximum absolute atomic E-state index is 13.1. The van der Waals surface area contributed by atoms with Crippen LogP contribution in [0.15, 0.2) is 18.2 Å². The molecular formula is C12H15ClFNO2S. The van der Waals surface area contributed by atoms with Gasteiger partial charge in [-0.15, -0.1) is 0 Å². The van der Waals surface area contributed by atoms with Crippen LogP contribution >= 0.6 is 11.6 Å². The summed E-state index contributed by atoms with van der Waals surface area (Å²) >= 11 is 5.75. The molecule has 0 aliphatic carbocycles. The predicted octanol–water partition coefficient (Wildman–Crippen LogP) is 2.00. The molecule has 1 unspecified atom stereocenters. The van der Waals surface area contributed by atoms with Gasteiger partial charge in [-0.05, 0) is 42.6 Å². The van der Waals surface area contributed by atoms with E-state index in [1.165, 1.54) is 12.1 Å². The molecule has 1 atom stereocenters. The van der Waals surface area contributed by atoms with E-state index < -0.39 is 9.84 Å². The molecule has 1 N–H and O–H groups in total. The number of hydrogen-bond acceptors (Lipinski definition) is 3. The topological polar surface area (TPSA) is 46.2 Å². The van der Waals surface area contributed by atoms with Crippen LogP contribution in [0.25, 0.3) is 0 Å². The predicted molar refractivity (Wildman–Crippen MR) is 69.9 cm³/mol. The zero-order valence-electron chi connectivity index (χ0n) is 9.83. The highest BCUT2D eigenvalue weighted by Gasteiger charge is 2.27. The molecule has 1 aromatic rings. The summed E-state index contributed by atoms with van der Waals surface area (Å²) in [6, 6.07) is 4.38. The van der Waals surface area contributed by atoms with Gasteiger partial charge in [-0.3, -0.25) is 0 Å². The number of halogens is 2. The number of nitrogens with one attached hydrogen (secondary N) is 1. The average Bonchev–Trinajstić information content (AvgIpc) is 2.57. The van der Waals surface area contributed by atoms with Crippen molar-refractivity contribution in [3.63, 3.8) is 0 Å². The number of rotatable bonds is 4. The molecule has 0 saturated carbocycles. The first-order valence-corrected chi connectivity index (χ1v) is 8.01. The van der Waals surface area contributed by atoms with Crippen molar-refractivity contribution >= 4 is 21.4 Å². The Labute approximate surface area is 111 Å². The van der Waals surface area contributed by atoms with Gasteiger partial charge in [-0.25, -0.2) is 12.8 Å². The maximum atomic E-state index is 13.1. The summed E-state index contributed by atoms with van der Waals surface area (Å²) in [5.74, 6) is 0.344. The fourth-order valence-electron chi connectivity index (χ4n) is 2.17. The molecule has 0 radical (unpaired) electrons. The lowest BCUT2D eigenvalue weighted by Gasteiger charge is -2.09. The van der Waals surface area contributed by atoms with Gasteiger partial charge >= 0.3 is 0 Å². The lowest BCUT2D eigenvalue weighted by molar-refractivity contribution is 0.519. The van der Waals surface area contributed by atoms with E-state index >= 15 is 0 Å². The van der Waals surface area contributed by atoms with Crippen LogP contribution in [-0.2, 0) is 16.4 Å². The molecule has 1 saturated heterocycles. The van der Waals surface area contributed by atoms with Gasteiger partial charge in [0.2, 0.25) is 0 Å². The smallest absolute Gasteiger partial charge is 0.150 e. The SMILES string of the molecule is O=S1(=O)CCC(CNCc2cc(F)cc(Cl)c2)C1. The summed E-state index contributed by atoms with van der Waals surface area (Å²) in [7, 11) is -2.83. The third kappa shape index (κ3) is 3.93. The molecule has 0 aromatic heterocycles. The number of hydrogen-bond donors (Lipinski definition) is 1. The fourth-order valence-corrected chi connectivity index (χ4v) is 4.27. The Kier molecular flexibility index (Phi) is 4.25. The summed E-state index contributed by atoms with van der Waals surface area (Å²) < 4.78 is 35.6. The monoisotopic (exact) mass is 291 g/mol. The Bertz CT molecular complexity index is 513. The molecule has 1 fully saturated rings. The van der Waals surface area contributed by atoms with E-state index in [1.807, 2.05) is 0 Å². The summed E-state index contributed by atoms with van der Waals surface area (Å²) in [6.45, 7) is 1.13. The van der Waals surface area contributed by atoms with E-state index in [4.69, 9.17) is 11.6 Å². The maximum Gasteiger partial charge on any atom is 0.150 e. The molecule has 1 aromatic carbocycles. The van der Waals surface area contributed by atoms with Crippen LogP contribution in [-0.4, -0.2) is 26.5 Å². The van der Waals surface area contributed by atoms with E-state index in [0.29, 0.717) is 24.5 Å². The first-order chi connectivity index (χ1) is 8.44. The van der Waals surface area contributed by atoms with Crippen LogP contribution < -0.4 is 5.32 Å². The van der Waals surface area contributed by atoms with Crippen molar-refractivity contribution in [1.29, 1.82) is 0 Å². The summed E-state index contributed by atoms with van der Waals surface area (Å²) in [6.07, 6.45) is 0.708. The Morgan fingerprint density at radius 3 is 2.78 bits per heavy atom. The normalized spacial score (nSPS) is 22.2. The Balaban J connectivity index is 1.82. The molecule has 100 valence electrons. The van der Waals surface area contributed by atoms with E-state index in [0.717, 1.165) is 5.56 Å². The molecule has 2 rings (SSSR count). The van der Waals surface area contributed by atoms with Crippen LogP contribution in [0.4, 0.5) is 4.39 Å². The largest absolute Gasteiger partial charge is 0.312 e. The minimum Gasteiger partial charge on any atom is -0.312 e. The van der Waals surface area contributed by atoms with Gasteiger partial charge in [0.1, 0.15) is 5.82 Å². The third-order valence-corrected chi connectivity index (χ3v) is 5.07. The zero-order valence-corrected chi connectivity index (χ0v) is 11.4. The molecule has 1 heterocycles. The van der Waals surface area contributed by atoms with E-state index in [-0.39, 0.29) is 23.2 Å². The van der Waals surface area contributed by atoms with Gasteiger partial charge in [0, 0.05) is 11.6 Å². The zero-order chi connectivity index (χ0) is 13.2. The van der Waals surface area contributed by atoms with Crippen LogP contribution in [0, 0.1) is 11.7 Å². The highest BCUT2D eigenvalue weighted by molar-refractivity contribution is 7.91. The van der Waals surface area contributed by atoms with E-state index in [9.17, 15) is 12.8 Å². The van der Waals surface area contributed by atoms with Crippen molar-refractivity contribution in [1.82, 2.24) is 5.32 Å². The molecule has 0 bridgehead atoms. The highest BCUT2D eigenvalue weighted by Crippen LogP contribution is 2.18. The van der Waals surface area contributed by atoms with Crippen molar-refractivity contribution in [2.75, 3.05) is 18.1 Å². The molecule has 0 spiro atoms. The summed E-state index contributed by atoms with van der Waals surface area (Å²) in [4.78, 5) is 0. The first kappa shape index (κ1) is 13.8. The molecular weight excluding hydrogens is 277 g/mol. The molecule has 1 aliphatic heterocycles. The number of sulfone groups is 1. The second-order valence-corrected chi connectivity index (χ2v) is 7.34. The molecule has 0 amide bonds. The summed E-state index contributed by atoms with van der Waals surface area (Å²) in [5.41, 5.74) is 0.765. The van der Waals surface area contributed by atoms with Crippen molar-refractivity contribution in [2.24, 2.45) is 5.92 Å². The van der Waals surface area contributed by atoms with Crippen LogP contribution in [0.2, 0.25) is 5.02 Å². The Morgan fingerprint density at radius 2 is 2.17 bits per heavy atom. The molecule has 1 aliphatic rings.